The van der Waals surface area contributed by atoms with Crippen LogP contribution < -0.4 is 5.32 Å². The van der Waals surface area contributed by atoms with Crippen LogP contribution in [0.1, 0.15) is 36.1 Å². The lowest BCUT2D eigenvalue weighted by Gasteiger charge is -2.20. The maximum atomic E-state index is 13.2. The standard InChI is InChI=1S/C16H20FNS/c1-3-18-16(7-4-13-8-9-19-11-13)15-6-5-14(17)10-12(15)2/h5-6,8-11,16,18H,3-4,7H2,1-2H3. The molecule has 1 atom stereocenters. The Hall–Kier alpha value is -1.19. The smallest absolute Gasteiger partial charge is 0.123 e. The number of rotatable bonds is 6. The fourth-order valence-corrected chi connectivity index (χ4v) is 3.09. The van der Waals surface area contributed by atoms with Gasteiger partial charge in [0.15, 0.2) is 0 Å². The van der Waals surface area contributed by atoms with E-state index in [0.29, 0.717) is 6.04 Å². The van der Waals surface area contributed by atoms with Gasteiger partial charge in [-0.05, 0) is 72.0 Å². The molecule has 0 fully saturated rings. The molecule has 1 aromatic carbocycles. The van der Waals surface area contributed by atoms with Gasteiger partial charge in [0.25, 0.3) is 0 Å². The maximum absolute atomic E-state index is 13.2. The van der Waals surface area contributed by atoms with E-state index in [-0.39, 0.29) is 5.82 Å². The predicted molar refractivity (Wildman–Crippen MR) is 80.2 cm³/mol. The Morgan fingerprint density at radius 2 is 2.16 bits per heavy atom. The Morgan fingerprint density at radius 3 is 2.79 bits per heavy atom. The van der Waals surface area contributed by atoms with Gasteiger partial charge in [0.05, 0.1) is 0 Å². The van der Waals surface area contributed by atoms with Crippen LogP contribution in [-0.2, 0) is 6.42 Å². The van der Waals surface area contributed by atoms with Crippen LogP contribution in [0.3, 0.4) is 0 Å². The van der Waals surface area contributed by atoms with E-state index in [4.69, 9.17) is 0 Å². The molecule has 1 unspecified atom stereocenters. The molecule has 2 rings (SSSR count). The van der Waals surface area contributed by atoms with Crippen molar-refractivity contribution in [3.63, 3.8) is 0 Å². The van der Waals surface area contributed by atoms with Crippen molar-refractivity contribution in [2.24, 2.45) is 0 Å². The molecule has 3 heteroatoms. The summed E-state index contributed by atoms with van der Waals surface area (Å²) in [4.78, 5) is 0. The first kappa shape index (κ1) is 14.2. The Bertz CT molecular complexity index is 507. The molecular weight excluding hydrogens is 257 g/mol. The van der Waals surface area contributed by atoms with Crippen molar-refractivity contribution in [2.75, 3.05) is 6.54 Å². The first-order chi connectivity index (χ1) is 9.20. The minimum absolute atomic E-state index is 0.158. The molecule has 0 aliphatic heterocycles. The summed E-state index contributed by atoms with van der Waals surface area (Å²) in [6, 6.07) is 7.55. The van der Waals surface area contributed by atoms with Gasteiger partial charge in [0, 0.05) is 6.04 Å². The van der Waals surface area contributed by atoms with Crippen molar-refractivity contribution in [2.45, 2.75) is 32.7 Å². The highest BCUT2D eigenvalue weighted by Crippen LogP contribution is 2.23. The summed E-state index contributed by atoms with van der Waals surface area (Å²) in [5, 5.41) is 7.81. The van der Waals surface area contributed by atoms with Crippen LogP contribution in [0.2, 0.25) is 0 Å². The van der Waals surface area contributed by atoms with Crippen molar-refractivity contribution in [1.82, 2.24) is 5.32 Å². The first-order valence-electron chi connectivity index (χ1n) is 6.71. The van der Waals surface area contributed by atoms with E-state index in [2.05, 4.69) is 29.1 Å². The Labute approximate surface area is 118 Å². The van der Waals surface area contributed by atoms with E-state index in [9.17, 15) is 4.39 Å². The van der Waals surface area contributed by atoms with Crippen molar-refractivity contribution >= 4 is 11.3 Å². The molecule has 102 valence electrons. The van der Waals surface area contributed by atoms with E-state index >= 15 is 0 Å². The van der Waals surface area contributed by atoms with Crippen LogP contribution in [0.4, 0.5) is 4.39 Å². The van der Waals surface area contributed by atoms with E-state index < -0.39 is 0 Å². The van der Waals surface area contributed by atoms with Crippen LogP contribution in [0.25, 0.3) is 0 Å². The second-order valence-corrected chi connectivity index (χ2v) is 5.56. The molecular formula is C16H20FNS. The Kier molecular flexibility index (Phi) is 5.11. The lowest BCUT2D eigenvalue weighted by atomic mass is 9.96. The Morgan fingerprint density at radius 1 is 1.32 bits per heavy atom. The molecule has 0 saturated heterocycles. The highest BCUT2D eigenvalue weighted by Gasteiger charge is 2.13. The number of thiophene rings is 1. The van der Waals surface area contributed by atoms with Crippen molar-refractivity contribution in [1.29, 1.82) is 0 Å². The molecule has 1 nitrogen and oxygen atoms in total. The summed E-state index contributed by atoms with van der Waals surface area (Å²) in [5.74, 6) is -0.158. The third-order valence-electron chi connectivity index (χ3n) is 3.36. The van der Waals surface area contributed by atoms with Gasteiger partial charge in [-0.25, -0.2) is 4.39 Å². The normalized spacial score (nSPS) is 12.6. The van der Waals surface area contributed by atoms with Crippen LogP contribution in [0.5, 0.6) is 0 Å². The Balaban J connectivity index is 2.10. The fraction of sp³-hybridized carbons (Fsp3) is 0.375. The van der Waals surface area contributed by atoms with E-state index in [1.54, 1.807) is 23.5 Å². The molecule has 1 N–H and O–H groups in total. The number of nitrogens with one attached hydrogen (secondary N) is 1. The number of halogens is 1. The summed E-state index contributed by atoms with van der Waals surface area (Å²) in [6.07, 6.45) is 2.09. The molecule has 0 aliphatic rings. The van der Waals surface area contributed by atoms with Gasteiger partial charge in [-0.2, -0.15) is 11.3 Å². The first-order valence-corrected chi connectivity index (χ1v) is 7.65. The molecule has 0 spiro atoms. The van der Waals surface area contributed by atoms with Crippen molar-refractivity contribution in [3.8, 4) is 0 Å². The van der Waals surface area contributed by atoms with Crippen molar-refractivity contribution in [3.05, 3.63) is 57.5 Å². The second kappa shape index (κ2) is 6.83. The summed E-state index contributed by atoms with van der Waals surface area (Å²) in [5.41, 5.74) is 3.61. The third-order valence-corrected chi connectivity index (χ3v) is 4.09. The molecule has 1 aromatic heterocycles. The zero-order chi connectivity index (χ0) is 13.7. The summed E-state index contributed by atoms with van der Waals surface area (Å²) >= 11 is 1.74. The zero-order valence-corrected chi connectivity index (χ0v) is 12.3. The zero-order valence-electron chi connectivity index (χ0n) is 11.4. The van der Waals surface area contributed by atoms with Gasteiger partial charge in [0.1, 0.15) is 5.82 Å². The minimum atomic E-state index is -0.158. The molecule has 1 heterocycles. The third kappa shape index (κ3) is 3.88. The van der Waals surface area contributed by atoms with Gasteiger partial charge in [-0.1, -0.05) is 13.0 Å². The summed E-state index contributed by atoms with van der Waals surface area (Å²) < 4.78 is 13.2. The lowest BCUT2D eigenvalue weighted by molar-refractivity contribution is 0.512. The average molecular weight is 277 g/mol. The number of hydrogen-bond donors (Lipinski definition) is 1. The second-order valence-electron chi connectivity index (χ2n) is 4.78. The lowest BCUT2D eigenvalue weighted by Crippen LogP contribution is -2.22. The van der Waals surface area contributed by atoms with Crippen molar-refractivity contribution < 1.29 is 4.39 Å². The monoisotopic (exact) mass is 277 g/mol. The van der Waals surface area contributed by atoms with Crippen LogP contribution in [-0.4, -0.2) is 6.54 Å². The topological polar surface area (TPSA) is 12.0 Å². The van der Waals surface area contributed by atoms with Gasteiger partial charge in [-0.15, -0.1) is 0 Å². The van der Waals surface area contributed by atoms with E-state index in [1.807, 2.05) is 13.0 Å². The van der Waals surface area contributed by atoms with Gasteiger partial charge < -0.3 is 5.32 Å². The number of benzene rings is 1. The van der Waals surface area contributed by atoms with E-state index in [1.165, 1.54) is 11.1 Å². The highest BCUT2D eigenvalue weighted by atomic mass is 32.1. The van der Waals surface area contributed by atoms with Crippen LogP contribution in [0, 0.1) is 12.7 Å². The molecule has 0 amide bonds. The summed E-state index contributed by atoms with van der Waals surface area (Å²) in [7, 11) is 0. The number of hydrogen-bond acceptors (Lipinski definition) is 2. The molecule has 0 aliphatic carbocycles. The quantitative estimate of drug-likeness (QED) is 0.821. The van der Waals surface area contributed by atoms with Gasteiger partial charge >= 0.3 is 0 Å². The van der Waals surface area contributed by atoms with Gasteiger partial charge in [-0.3, -0.25) is 0 Å². The predicted octanol–water partition coefficient (Wildman–Crippen LogP) is 4.48. The maximum Gasteiger partial charge on any atom is 0.123 e. The van der Waals surface area contributed by atoms with E-state index in [0.717, 1.165) is 24.9 Å². The molecule has 0 saturated carbocycles. The molecule has 2 aromatic rings. The molecule has 0 radical (unpaired) electrons. The minimum Gasteiger partial charge on any atom is -0.310 e. The SMILES string of the molecule is CCNC(CCc1ccsc1)c1ccc(F)cc1C. The average Bonchev–Trinajstić information content (AvgIpc) is 2.88. The molecule has 0 bridgehead atoms. The van der Waals surface area contributed by atoms with Crippen LogP contribution >= 0.6 is 11.3 Å². The fourth-order valence-electron chi connectivity index (χ4n) is 2.39. The van der Waals surface area contributed by atoms with Gasteiger partial charge in [0.2, 0.25) is 0 Å². The van der Waals surface area contributed by atoms with Crippen LogP contribution in [0.15, 0.2) is 35.0 Å². The number of aryl methyl sites for hydroxylation is 2. The largest absolute Gasteiger partial charge is 0.310 e. The molecule has 19 heavy (non-hydrogen) atoms. The summed E-state index contributed by atoms with van der Waals surface area (Å²) in [6.45, 7) is 5.01. The highest BCUT2D eigenvalue weighted by molar-refractivity contribution is 7.07.